The van der Waals surface area contributed by atoms with Gasteiger partial charge in [0.25, 0.3) is 0 Å². The number of hydrogen-bond donors (Lipinski definition) is 1. The first-order valence-electron chi connectivity index (χ1n) is 4.45. The molecule has 2 heterocycles. The van der Waals surface area contributed by atoms with Crippen molar-refractivity contribution in [2.45, 2.75) is 11.7 Å². The summed E-state index contributed by atoms with van der Waals surface area (Å²) in [4.78, 5) is 10.6. The van der Waals surface area contributed by atoms with Crippen molar-refractivity contribution in [1.82, 2.24) is 20.2 Å². The highest BCUT2D eigenvalue weighted by Crippen LogP contribution is 2.14. The molecule has 84 valence electrons. The van der Waals surface area contributed by atoms with Gasteiger partial charge in [0.2, 0.25) is 11.1 Å². The molecule has 2 aromatic rings. The number of thioether (sulfide) groups is 1. The van der Waals surface area contributed by atoms with Crippen LogP contribution in [0.3, 0.4) is 0 Å². The minimum Gasteiger partial charge on any atom is -0.467 e. The fraction of sp³-hybridized carbons (Fsp3) is 0.250. The molecule has 0 radical (unpaired) electrons. The highest BCUT2D eigenvalue weighted by atomic mass is 32.2. The molecule has 0 fully saturated rings. The number of aromatic nitrogens is 4. The van der Waals surface area contributed by atoms with Gasteiger partial charge in [0.05, 0.1) is 12.0 Å². The normalized spacial score (nSPS) is 10.5. The molecule has 0 unspecified atom stereocenters. The van der Waals surface area contributed by atoms with E-state index in [1.54, 1.807) is 17.0 Å². The number of carbonyl (C=O) groups is 1. The Morgan fingerprint density at radius 3 is 3.19 bits per heavy atom. The van der Waals surface area contributed by atoms with Crippen molar-refractivity contribution in [2.24, 2.45) is 5.73 Å². The van der Waals surface area contributed by atoms with Crippen LogP contribution in [0, 0.1) is 0 Å². The number of nitrogens with two attached hydrogens (primary N) is 1. The number of hydrogen-bond acceptors (Lipinski definition) is 6. The lowest BCUT2D eigenvalue weighted by Crippen LogP contribution is -2.14. The maximum atomic E-state index is 10.6. The van der Waals surface area contributed by atoms with Crippen LogP contribution in [0.25, 0.3) is 0 Å². The molecule has 0 aliphatic heterocycles. The molecule has 2 aromatic heterocycles. The summed E-state index contributed by atoms with van der Waals surface area (Å²) in [5.41, 5.74) is 5.04. The van der Waals surface area contributed by atoms with Crippen molar-refractivity contribution in [3.05, 3.63) is 24.2 Å². The topological polar surface area (TPSA) is 99.8 Å². The summed E-state index contributed by atoms with van der Waals surface area (Å²) in [5, 5.41) is 11.6. The molecule has 0 aromatic carbocycles. The van der Waals surface area contributed by atoms with Crippen LogP contribution < -0.4 is 5.73 Å². The van der Waals surface area contributed by atoms with E-state index in [-0.39, 0.29) is 5.75 Å². The quantitative estimate of drug-likeness (QED) is 0.731. The summed E-state index contributed by atoms with van der Waals surface area (Å²) in [6.45, 7) is 0.432. The molecular weight excluding hydrogens is 230 g/mol. The number of amides is 1. The van der Waals surface area contributed by atoms with Crippen LogP contribution in [0.15, 0.2) is 28.0 Å². The lowest BCUT2D eigenvalue weighted by molar-refractivity contribution is -0.115. The maximum Gasteiger partial charge on any atom is 0.227 e. The van der Waals surface area contributed by atoms with Gasteiger partial charge in [0.1, 0.15) is 12.3 Å². The van der Waals surface area contributed by atoms with Crippen molar-refractivity contribution in [3.8, 4) is 0 Å². The van der Waals surface area contributed by atoms with Crippen molar-refractivity contribution in [2.75, 3.05) is 5.75 Å². The van der Waals surface area contributed by atoms with Crippen molar-refractivity contribution in [3.63, 3.8) is 0 Å². The van der Waals surface area contributed by atoms with Gasteiger partial charge in [-0.05, 0) is 22.6 Å². The van der Waals surface area contributed by atoms with E-state index in [2.05, 4.69) is 15.5 Å². The summed E-state index contributed by atoms with van der Waals surface area (Å²) < 4.78 is 6.72. The number of nitrogens with zero attached hydrogens (tertiary/aromatic N) is 4. The summed E-state index contributed by atoms with van der Waals surface area (Å²) in [6, 6.07) is 3.61. The largest absolute Gasteiger partial charge is 0.467 e. The third kappa shape index (κ3) is 2.60. The molecule has 0 aliphatic carbocycles. The van der Waals surface area contributed by atoms with Gasteiger partial charge in [-0.2, -0.15) is 0 Å². The highest BCUT2D eigenvalue weighted by molar-refractivity contribution is 7.99. The smallest absolute Gasteiger partial charge is 0.227 e. The van der Waals surface area contributed by atoms with E-state index in [4.69, 9.17) is 10.2 Å². The van der Waals surface area contributed by atoms with Crippen LogP contribution in [0.5, 0.6) is 0 Å². The zero-order chi connectivity index (χ0) is 11.4. The van der Waals surface area contributed by atoms with E-state index in [1.807, 2.05) is 6.07 Å². The first-order valence-corrected chi connectivity index (χ1v) is 5.44. The van der Waals surface area contributed by atoms with Gasteiger partial charge >= 0.3 is 0 Å². The number of furan rings is 1. The fourth-order valence-corrected chi connectivity index (χ4v) is 1.70. The van der Waals surface area contributed by atoms with Crippen LogP contribution in [-0.4, -0.2) is 31.9 Å². The van der Waals surface area contributed by atoms with E-state index in [0.29, 0.717) is 11.7 Å². The minimum absolute atomic E-state index is 0.151. The van der Waals surface area contributed by atoms with Crippen LogP contribution in [0.4, 0.5) is 0 Å². The van der Waals surface area contributed by atoms with Gasteiger partial charge in [-0.15, -0.1) is 5.10 Å². The van der Waals surface area contributed by atoms with Gasteiger partial charge in [0, 0.05) is 0 Å². The first-order chi connectivity index (χ1) is 7.75. The Hall–Kier alpha value is -1.83. The minimum atomic E-state index is -0.405. The Labute approximate surface area is 95.0 Å². The molecule has 2 rings (SSSR count). The molecule has 7 nitrogen and oxygen atoms in total. The molecule has 16 heavy (non-hydrogen) atoms. The van der Waals surface area contributed by atoms with Gasteiger partial charge in [-0.3, -0.25) is 4.79 Å². The molecule has 0 bridgehead atoms. The Morgan fingerprint density at radius 2 is 2.50 bits per heavy atom. The number of tetrazole rings is 1. The monoisotopic (exact) mass is 239 g/mol. The first kappa shape index (κ1) is 10.7. The molecule has 0 spiro atoms. The van der Waals surface area contributed by atoms with Crippen LogP contribution in [0.1, 0.15) is 5.76 Å². The van der Waals surface area contributed by atoms with Gasteiger partial charge < -0.3 is 10.2 Å². The van der Waals surface area contributed by atoms with E-state index >= 15 is 0 Å². The van der Waals surface area contributed by atoms with Crippen LogP contribution in [0.2, 0.25) is 0 Å². The van der Waals surface area contributed by atoms with E-state index in [9.17, 15) is 4.79 Å². The summed E-state index contributed by atoms with van der Waals surface area (Å²) in [7, 11) is 0. The number of carbonyl (C=O) groups excluding carboxylic acids is 1. The average molecular weight is 239 g/mol. The molecular formula is C8H9N5O2S. The predicted octanol–water partition coefficient (Wildman–Crippen LogP) is -0.108. The Balaban J connectivity index is 2.04. The summed E-state index contributed by atoms with van der Waals surface area (Å²) >= 11 is 1.19. The molecule has 2 N–H and O–H groups in total. The summed E-state index contributed by atoms with van der Waals surface area (Å²) in [6.07, 6.45) is 1.58. The van der Waals surface area contributed by atoms with Crippen molar-refractivity contribution in [1.29, 1.82) is 0 Å². The second-order valence-corrected chi connectivity index (χ2v) is 3.90. The third-order valence-corrected chi connectivity index (χ3v) is 2.71. The van der Waals surface area contributed by atoms with Crippen molar-refractivity contribution >= 4 is 17.7 Å². The van der Waals surface area contributed by atoms with E-state index < -0.39 is 5.91 Å². The fourth-order valence-electron chi connectivity index (χ4n) is 1.08. The standard InChI is InChI=1S/C8H9N5O2S/c9-7(14)5-16-8-10-11-12-13(8)4-6-2-1-3-15-6/h1-3H,4-5H2,(H2,9,14). The zero-order valence-corrected chi connectivity index (χ0v) is 9.05. The highest BCUT2D eigenvalue weighted by Gasteiger charge is 2.09. The molecule has 0 saturated carbocycles. The second-order valence-electron chi connectivity index (χ2n) is 2.95. The van der Waals surface area contributed by atoms with Gasteiger partial charge in [0.15, 0.2) is 0 Å². The van der Waals surface area contributed by atoms with Gasteiger partial charge in [-0.25, -0.2) is 4.68 Å². The molecule has 8 heteroatoms. The molecule has 0 aliphatic rings. The predicted molar refractivity (Wildman–Crippen MR) is 55.5 cm³/mol. The SMILES string of the molecule is NC(=O)CSc1nnnn1Cc1ccco1. The van der Waals surface area contributed by atoms with Gasteiger partial charge in [-0.1, -0.05) is 11.8 Å². The Morgan fingerprint density at radius 1 is 1.62 bits per heavy atom. The number of rotatable bonds is 5. The molecule has 1 amide bonds. The second kappa shape index (κ2) is 4.79. The van der Waals surface area contributed by atoms with Crippen LogP contribution in [-0.2, 0) is 11.3 Å². The third-order valence-electron chi connectivity index (χ3n) is 1.73. The zero-order valence-electron chi connectivity index (χ0n) is 8.24. The Kier molecular flexibility index (Phi) is 3.20. The van der Waals surface area contributed by atoms with Crippen LogP contribution >= 0.6 is 11.8 Å². The summed E-state index contributed by atoms with van der Waals surface area (Å²) in [5.74, 6) is 0.490. The van der Waals surface area contributed by atoms with Crippen molar-refractivity contribution < 1.29 is 9.21 Å². The lowest BCUT2D eigenvalue weighted by Gasteiger charge is -2.00. The van der Waals surface area contributed by atoms with E-state index in [0.717, 1.165) is 5.76 Å². The average Bonchev–Trinajstić information content (AvgIpc) is 2.87. The Bertz CT molecular complexity index is 466. The molecule has 0 atom stereocenters. The van der Waals surface area contributed by atoms with E-state index in [1.165, 1.54) is 11.8 Å². The maximum absolute atomic E-state index is 10.6. The number of primary amides is 1. The lowest BCUT2D eigenvalue weighted by atomic mass is 10.4. The molecule has 0 saturated heterocycles.